The molecule has 0 saturated carbocycles. The lowest BCUT2D eigenvalue weighted by Crippen LogP contribution is -2.46. The number of hydrogen-bond acceptors (Lipinski definition) is 4. The van der Waals surface area contributed by atoms with Gasteiger partial charge in [-0.25, -0.2) is 12.8 Å². The quantitative estimate of drug-likeness (QED) is 0.821. The summed E-state index contributed by atoms with van der Waals surface area (Å²) in [5.74, 6) is 5.07. The summed E-state index contributed by atoms with van der Waals surface area (Å²) < 4.78 is 36.7. The Kier molecular flexibility index (Phi) is 4.99. The summed E-state index contributed by atoms with van der Waals surface area (Å²) in [5.41, 5.74) is 1.26. The molecule has 1 atom stereocenters. The number of aliphatic hydroxyl groups excluding tert-OH is 1. The third-order valence-corrected chi connectivity index (χ3v) is 5.26. The third-order valence-electron chi connectivity index (χ3n) is 3.46. The molecule has 2 rings (SSSR count). The van der Waals surface area contributed by atoms with Crippen molar-refractivity contribution in [2.45, 2.75) is 19.5 Å². The van der Waals surface area contributed by atoms with Crippen LogP contribution in [0.25, 0.3) is 0 Å². The second kappa shape index (κ2) is 6.56. The standard InChI is InChI=1S/C15H18FNO3S/c1-12-11-21(19,20)6-4-17(12)10-14-7-13(3-2-5-18)8-15(16)9-14/h7-9,12,18H,4-6,10-11H2,1H3. The van der Waals surface area contributed by atoms with Crippen LogP contribution >= 0.6 is 0 Å². The molecule has 6 heteroatoms. The molecule has 1 aromatic rings. The van der Waals surface area contributed by atoms with Gasteiger partial charge >= 0.3 is 0 Å². The van der Waals surface area contributed by atoms with Gasteiger partial charge in [-0.15, -0.1) is 0 Å². The molecule has 0 radical (unpaired) electrons. The molecule has 114 valence electrons. The topological polar surface area (TPSA) is 57.6 Å². The molecule has 1 aromatic carbocycles. The summed E-state index contributed by atoms with van der Waals surface area (Å²) in [6, 6.07) is 4.43. The van der Waals surface area contributed by atoms with Crippen LogP contribution < -0.4 is 0 Å². The highest BCUT2D eigenvalue weighted by Crippen LogP contribution is 2.17. The van der Waals surface area contributed by atoms with Crippen molar-refractivity contribution in [3.05, 3.63) is 35.1 Å². The monoisotopic (exact) mass is 311 g/mol. The maximum Gasteiger partial charge on any atom is 0.153 e. The molecule has 21 heavy (non-hydrogen) atoms. The van der Waals surface area contributed by atoms with E-state index in [1.165, 1.54) is 12.1 Å². The molecule has 0 spiro atoms. The first-order chi connectivity index (χ1) is 9.89. The second-order valence-electron chi connectivity index (χ2n) is 5.24. The first-order valence-corrected chi connectivity index (χ1v) is 8.55. The molecule has 1 unspecified atom stereocenters. The van der Waals surface area contributed by atoms with E-state index in [0.29, 0.717) is 18.7 Å². The number of nitrogens with zero attached hydrogens (tertiary/aromatic N) is 1. The number of sulfone groups is 1. The molecule has 1 aliphatic heterocycles. The molecule has 1 heterocycles. The van der Waals surface area contributed by atoms with Crippen LogP contribution in [0.4, 0.5) is 4.39 Å². The van der Waals surface area contributed by atoms with Crippen LogP contribution in [0.3, 0.4) is 0 Å². The van der Waals surface area contributed by atoms with Gasteiger partial charge in [0.1, 0.15) is 12.4 Å². The predicted octanol–water partition coefficient (Wildman–Crippen LogP) is 0.788. The Morgan fingerprint density at radius 1 is 1.43 bits per heavy atom. The van der Waals surface area contributed by atoms with E-state index in [1.54, 1.807) is 6.07 Å². The van der Waals surface area contributed by atoms with Crippen molar-refractivity contribution in [1.82, 2.24) is 4.90 Å². The third kappa shape index (κ3) is 4.53. The molecule has 1 N–H and O–H groups in total. The van der Waals surface area contributed by atoms with Crippen LogP contribution in [-0.2, 0) is 16.4 Å². The van der Waals surface area contributed by atoms with Crippen molar-refractivity contribution in [2.24, 2.45) is 0 Å². The van der Waals surface area contributed by atoms with E-state index in [9.17, 15) is 12.8 Å². The first-order valence-electron chi connectivity index (χ1n) is 6.73. The maximum absolute atomic E-state index is 13.6. The van der Waals surface area contributed by atoms with E-state index in [-0.39, 0.29) is 30.0 Å². The van der Waals surface area contributed by atoms with E-state index in [0.717, 1.165) is 5.56 Å². The zero-order chi connectivity index (χ0) is 15.5. The molecule has 4 nitrogen and oxygen atoms in total. The van der Waals surface area contributed by atoms with Crippen molar-refractivity contribution in [3.63, 3.8) is 0 Å². The molecule has 1 fully saturated rings. The van der Waals surface area contributed by atoms with Gasteiger partial charge in [0.25, 0.3) is 0 Å². The summed E-state index contributed by atoms with van der Waals surface area (Å²) >= 11 is 0. The van der Waals surface area contributed by atoms with E-state index in [1.807, 2.05) is 11.8 Å². The zero-order valence-corrected chi connectivity index (χ0v) is 12.7. The van der Waals surface area contributed by atoms with E-state index in [4.69, 9.17) is 5.11 Å². The minimum atomic E-state index is -2.95. The normalized spacial score (nSPS) is 21.6. The van der Waals surface area contributed by atoms with E-state index < -0.39 is 9.84 Å². The van der Waals surface area contributed by atoms with Crippen molar-refractivity contribution < 1.29 is 17.9 Å². The van der Waals surface area contributed by atoms with Crippen LogP contribution in [-0.4, -0.2) is 49.1 Å². The van der Waals surface area contributed by atoms with Crippen molar-refractivity contribution in [1.29, 1.82) is 0 Å². The van der Waals surface area contributed by atoms with Crippen LogP contribution in [0.15, 0.2) is 18.2 Å². The maximum atomic E-state index is 13.6. The minimum Gasteiger partial charge on any atom is -0.384 e. The average Bonchev–Trinajstić information content (AvgIpc) is 2.38. The van der Waals surface area contributed by atoms with Crippen molar-refractivity contribution >= 4 is 9.84 Å². The van der Waals surface area contributed by atoms with Gasteiger partial charge in [-0.05, 0) is 30.7 Å². The van der Waals surface area contributed by atoms with Gasteiger partial charge in [0.15, 0.2) is 9.84 Å². The van der Waals surface area contributed by atoms with Crippen molar-refractivity contribution in [3.8, 4) is 11.8 Å². The Hall–Kier alpha value is -1.42. The molecule has 1 aliphatic rings. The van der Waals surface area contributed by atoms with Crippen LogP contribution in [0, 0.1) is 17.7 Å². The summed E-state index contributed by atoms with van der Waals surface area (Å²) in [5, 5.41) is 8.68. The Bertz CT molecular complexity index is 676. The number of rotatable bonds is 2. The van der Waals surface area contributed by atoms with Gasteiger partial charge in [-0.1, -0.05) is 11.8 Å². The van der Waals surface area contributed by atoms with E-state index in [2.05, 4.69) is 11.8 Å². The highest BCUT2D eigenvalue weighted by molar-refractivity contribution is 7.91. The Balaban J connectivity index is 2.14. The molecule has 0 aliphatic carbocycles. The minimum absolute atomic E-state index is 0.0843. The Morgan fingerprint density at radius 2 is 2.19 bits per heavy atom. The lowest BCUT2D eigenvalue weighted by atomic mass is 10.1. The lowest BCUT2D eigenvalue weighted by Gasteiger charge is -2.33. The average molecular weight is 311 g/mol. The SMILES string of the molecule is CC1CS(=O)(=O)CCN1Cc1cc(F)cc(C#CCO)c1. The van der Waals surface area contributed by atoms with Gasteiger partial charge in [0.2, 0.25) is 0 Å². The molecular weight excluding hydrogens is 293 g/mol. The van der Waals surface area contributed by atoms with Crippen LogP contribution in [0.1, 0.15) is 18.1 Å². The fourth-order valence-corrected chi connectivity index (χ4v) is 4.08. The number of halogens is 1. The summed E-state index contributed by atoms with van der Waals surface area (Å²) in [6.07, 6.45) is 0. The highest BCUT2D eigenvalue weighted by Gasteiger charge is 2.27. The Labute approximate surface area is 124 Å². The Morgan fingerprint density at radius 3 is 2.86 bits per heavy atom. The first kappa shape index (κ1) is 16.0. The van der Waals surface area contributed by atoms with Gasteiger partial charge in [-0.2, -0.15) is 0 Å². The highest BCUT2D eigenvalue weighted by atomic mass is 32.2. The smallest absolute Gasteiger partial charge is 0.153 e. The fraction of sp³-hybridized carbons (Fsp3) is 0.467. The van der Waals surface area contributed by atoms with Crippen LogP contribution in [0.2, 0.25) is 0 Å². The van der Waals surface area contributed by atoms with Crippen molar-refractivity contribution in [2.75, 3.05) is 24.7 Å². The largest absolute Gasteiger partial charge is 0.384 e. The van der Waals surface area contributed by atoms with E-state index >= 15 is 0 Å². The van der Waals surface area contributed by atoms with Gasteiger partial charge < -0.3 is 5.11 Å². The van der Waals surface area contributed by atoms with Gasteiger partial charge in [0, 0.05) is 24.7 Å². The zero-order valence-electron chi connectivity index (χ0n) is 11.8. The molecule has 0 aromatic heterocycles. The molecule has 0 bridgehead atoms. The van der Waals surface area contributed by atoms with Gasteiger partial charge in [0.05, 0.1) is 11.5 Å². The predicted molar refractivity (Wildman–Crippen MR) is 78.9 cm³/mol. The summed E-state index contributed by atoms with van der Waals surface area (Å²) in [7, 11) is -2.95. The summed E-state index contributed by atoms with van der Waals surface area (Å²) in [4.78, 5) is 2.03. The number of hydrogen-bond donors (Lipinski definition) is 1. The molecular formula is C15H18FNO3S. The number of aliphatic hydroxyl groups is 1. The number of benzene rings is 1. The lowest BCUT2D eigenvalue weighted by molar-refractivity contribution is 0.218. The van der Waals surface area contributed by atoms with Gasteiger partial charge in [-0.3, -0.25) is 4.90 Å². The second-order valence-corrected chi connectivity index (χ2v) is 7.47. The summed E-state index contributed by atoms with van der Waals surface area (Å²) in [6.45, 7) is 2.54. The fourth-order valence-electron chi connectivity index (χ4n) is 2.46. The van der Waals surface area contributed by atoms with Crippen LogP contribution in [0.5, 0.6) is 0 Å². The molecule has 0 amide bonds. The molecule has 1 saturated heterocycles.